The minimum absolute atomic E-state index is 0.148. The van der Waals surface area contributed by atoms with E-state index in [-0.39, 0.29) is 12.2 Å². The van der Waals surface area contributed by atoms with Gasteiger partial charge >= 0.3 is 0 Å². The summed E-state index contributed by atoms with van der Waals surface area (Å²) in [6.07, 6.45) is 1.13. The van der Waals surface area contributed by atoms with Crippen LogP contribution in [0.4, 0.5) is 0 Å². The smallest absolute Gasteiger partial charge is 0.0783 e. The van der Waals surface area contributed by atoms with Crippen LogP contribution in [0.3, 0.4) is 0 Å². The van der Waals surface area contributed by atoms with Crippen LogP contribution in [0.2, 0.25) is 0 Å². The Morgan fingerprint density at radius 1 is 1.35 bits per heavy atom. The first-order chi connectivity index (χ1) is 7.97. The van der Waals surface area contributed by atoms with Gasteiger partial charge in [0.05, 0.1) is 5.60 Å². The molecule has 2 unspecified atom stereocenters. The van der Waals surface area contributed by atoms with Gasteiger partial charge in [-0.1, -0.05) is 13.8 Å². The fraction of sp³-hybridized carbons (Fsp3) is 1.00. The zero-order valence-corrected chi connectivity index (χ0v) is 12.8. The van der Waals surface area contributed by atoms with Crippen LogP contribution >= 0.6 is 11.8 Å². The summed E-state index contributed by atoms with van der Waals surface area (Å²) in [6, 6.07) is 0.350. The van der Waals surface area contributed by atoms with E-state index in [0.29, 0.717) is 12.0 Å². The Hall–Kier alpha value is 0.230. The Morgan fingerprint density at radius 2 is 2.00 bits per heavy atom. The third-order valence-electron chi connectivity index (χ3n) is 3.00. The van der Waals surface area contributed by atoms with Gasteiger partial charge in [-0.05, 0) is 38.5 Å². The zero-order chi connectivity index (χ0) is 13.3. The minimum Gasteiger partial charge on any atom is -0.396 e. The molecule has 2 N–H and O–H groups in total. The van der Waals surface area contributed by atoms with Crippen molar-refractivity contribution >= 4 is 11.8 Å². The van der Waals surface area contributed by atoms with Gasteiger partial charge in [0.25, 0.3) is 0 Å². The first kappa shape index (κ1) is 17.2. The van der Waals surface area contributed by atoms with E-state index in [9.17, 15) is 0 Å². The van der Waals surface area contributed by atoms with Gasteiger partial charge in [0.1, 0.15) is 0 Å². The molecule has 0 aromatic carbocycles. The molecule has 0 heterocycles. The number of ether oxygens (including phenoxy) is 1. The molecule has 0 saturated carbocycles. The summed E-state index contributed by atoms with van der Waals surface area (Å²) in [7, 11) is 1.77. The summed E-state index contributed by atoms with van der Waals surface area (Å²) in [5, 5.41) is 12.5. The van der Waals surface area contributed by atoms with Gasteiger partial charge in [-0.15, -0.1) is 0 Å². The number of thioether (sulfide) groups is 1. The normalized spacial score (nSPS) is 15.9. The van der Waals surface area contributed by atoms with Gasteiger partial charge in [-0.2, -0.15) is 11.8 Å². The molecule has 0 bridgehead atoms. The van der Waals surface area contributed by atoms with Crippen LogP contribution in [-0.2, 0) is 4.74 Å². The van der Waals surface area contributed by atoms with E-state index in [4.69, 9.17) is 9.84 Å². The van der Waals surface area contributed by atoms with Gasteiger partial charge in [0, 0.05) is 25.5 Å². The van der Waals surface area contributed by atoms with Gasteiger partial charge in [-0.25, -0.2) is 0 Å². The monoisotopic (exact) mass is 263 g/mol. The van der Waals surface area contributed by atoms with Gasteiger partial charge in [-0.3, -0.25) is 0 Å². The maximum Gasteiger partial charge on any atom is 0.0783 e. The molecule has 0 aromatic rings. The van der Waals surface area contributed by atoms with Crippen LogP contribution in [0.1, 0.15) is 34.1 Å². The highest BCUT2D eigenvalue weighted by atomic mass is 32.2. The summed E-state index contributed by atoms with van der Waals surface area (Å²) in [5.41, 5.74) is -0.148. The van der Waals surface area contributed by atoms with Crippen molar-refractivity contribution in [2.45, 2.75) is 45.8 Å². The third-order valence-corrected chi connectivity index (χ3v) is 4.38. The van der Waals surface area contributed by atoms with Crippen LogP contribution in [0.25, 0.3) is 0 Å². The fourth-order valence-electron chi connectivity index (χ4n) is 1.41. The molecule has 0 aliphatic rings. The van der Waals surface area contributed by atoms with Crippen molar-refractivity contribution in [3.8, 4) is 0 Å². The van der Waals surface area contributed by atoms with Gasteiger partial charge < -0.3 is 15.2 Å². The highest BCUT2D eigenvalue weighted by Crippen LogP contribution is 2.19. The minimum atomic E-state index is -0.148. The van der Waals surface area contributed by atoms with Gasteiger partial charge in [0.15, 0.2) is 0 Å². The lowest BCUT2D eigenvalue weighted by Gasteiger charge is -2.34. The lowest BCUT2D eigenvalue weighted by molar-refractivity contribution is -0.00346. The Morgan fingerprint density at radius 3 is 2.47 bits per heavy atom. The second kappa shape index (κ2) is 9.20. The summed E-state index contributed by atoms with van der Waals surface area (Å²) in [5.74, 6) is 2.39. The van der Waals surface area contributed by atoms with Crippen molar-refractivity contribution in [2.24, 2.45) is 5.92 Å². The highest BCUT2D eigenvalue weighted by Gasteiger charge is 2.28. The van der Waals surface area contributed by atoms with E-state index in [1.165, 1.54) is 0 Å². The molecule has 0 amide bonds. The third kappa shape index (κ3) is 7.29. The van der Waals surface area contributed by atoms with Crippen molar-refractivity contribution < 1.29 is 9.84 Å². The molecule has 0 aliphatic heterocycles. The van der Waals surface area contributed by atoms with Crippen LogP contribution in [0.5, 0.6) is 0 Å². The second-order valence-electron chi connectivity index (χ2n) is 5.14. The molecule has 0 aliphatic carbocycles. The summed E-state index contributed by atoms with van der Waals surface area (Å²) < 4.78 is 5.56. The maximum absolute atomic E-state index is 8.99. The molecule has 0 fully saturated rings. The molecule has 0 rings (SSSR count). The topological polar surface area (TPSA) is 41.5 Å². The quantitative estimate of drug-likeness (QED) is 0.634. The number of hydrogen-bond acceptors (Lipinski definition) is 4. The van der Waals surface area contributed by atoms with Crippen LogP contribution in [0.15, 0.2) is 0 Å². The van der Waals surface area contributed by atoms with Crippen LogP contribution < -0.4 is 5.32 Å². The van der Waals surface area contributed by atoms with Gasteiger partial charge in [0.2, 0.25) is 0 Å². The lowest BCUT2D eigenvalue weighted by Crippen LogP contribution is -2.50. The van der Waals surface area contributed by atoms with Crippen molar-refractivity contribution in [3.05, 3.63) is 0 Å². The molecule has 0 radical (unpaired) electrons. The number of aliphatic hydroxyl groups is 1. The molecule has 0 saturated heterocycles. The number of aliphatic hydroxyl groups excluding tert-OH is 1. The average Bonchev–Trinajstić information content (AvgIpc) is 2.32. The lowest BCUT2D eigenvalue weighted by atomic mass is 10.0. The molecule has 0 spiro atoms. The standard InChI is InChI=1S/C13H29NO2S/c1-6-7-14-12(13(3,4)16-5)10-17-9-11(2)8-15/h11-12,14-15H,6-10H2,1-5H3. The first-order valence-corrected chi connectivity index (χ1v) is 7.60. The fourth-order valence-corrected chi connectivity index (χ4v) is 2.80. The highest BCUT2D eigenvalue weighted by molar-refractivity contribution is 7.99. The van der Waals surface area contributed by atoms with E-state index in [1.54, 1.807) is 7.11 Å². The van der Waals surface area contributed by atoms with Crippen LogP contribution in [-0.4, -0.2) is 48.5 Å². The van der Waals surface area contributed by atoms with E-state index < -0.39 is 0 Å². The molecule has 4 heteroatoms. The Labute approximate surface area is 111 Å². The van der Waals surface area contributed by atoms with E-state index in [0.717, 1.165) is 24.5 Å². The SMILES string of the molecule is CCCNC(CSCC(C)CO)C(C)(C)OC. The van der Waals surface area contributed by atoms with Crippen molar-refractivity contribution in [1.82, 2.24) is 5.32 Å². The molecule has 0 aromatic heterocycles. The maximum atomic E-state index is 8.99. The second-order valence-corrected chi connectivity index (χ2v) is 6.21. The van der Waals surface area contributed by atoms with Crippen LogP contribution in [0, 0.1) is 5.92 Å². The predicted octanol–water partition coefficient (Wildman–Crippen LogP) is 2.14. The first-order valence-electron chi connectivity index (χ1n) is 6.45. The van der Waals surface area contributed by atoms with Crippen molar-refractivity contribution in [3.63, 3.8) is 0 Å². The van der Waals surface area contributed by atoms with E-state index in [2.05, 4.69) is 33.0 Å². The molecule has 3 nitrogen and oxygen atoms in total. The number of hydrogen-bond donors (Lipinski definition) is 2. The molecule has 17 heavy (non-hydrogen) atoms. The molecule has 2 atom stereocenters. The Bertz CT molecular complexity index is 188. The average molecular weight is 263 g/mol. The summed E-state index contributed by atoms with van der Waals surface area (Å²) in [6.45, 7) is 9.78. The van der Waals surface area contributed by atoms with E-state index >= 15 is 0 Å². The molecule has 104 valence electrons. The number of rotatable bonds is 10. The Kier molecular flexibility index (Phi) is 9.32. The molecular formula is C13H29NO2S. The van der Waals surface area contributed by atoms with E-state index in [1.807, 2.05) is 11.8 Å². The number of methoxy groups -OCH3 is 1. The molecular weight excluding hydrogens is 234 g/mol. The predicted molar refractivity (Wildman–Crippen MR) is 76.7 cm³/mol. The Balaban J connectivity index is 4.10. The number of nitrogens with one attached hydrogen (secondary N) is 1. The largest absolute Gasteiger partial charge is 0.396 e. The zero-order valence-electron chi connectivity index (χ0n) is 12.0. The summed E-state index contributed by atoms with van der Waals surface area (Å²) in [4.78, 5) is 0. The summed E-state index contributed by atoms with van der Waals surface area (Å²) >= 11 is 1.88. The van der Waals surface area contributed by atoms with Crippen molar-refractivity contribution in [2.75, 3.05) is 31.8 Å². The van der Waals surface area contributed by atoms with Crippen molar-refractivity contribution in [1.29, 1.82) is 0 Å².